The van der Waals surface area contributed by atoms with E-state index in [9.17, 15) is 9.90 Å². The number of halogens is 1. The zero-order valence-corrected chi connectivity index (χ0v) is 17.8. The number of rotatable bonds is 12. The number of guanidine groups is 1. The van der Waals surface area contributed by atoms with Gasteiger partial charge in [0, 0.05) is 26.7 Å². The first-order valence-electron chi connectivity index (χ1n) is 8.51. The monoisotopic (exact) mass is 458 g/mol. The molecule has 0 aliphatic heterocycles. The van der Waals surface area contributed by atoms with Crippen molar-refractivity contribution < 1.29 is 14.6 Å². The van der Waals surface area contributed by atoms with Gasteiger partial charge in [0.15, 0.2) is 5.96 Å². The van der Waals surface area contributed by atoms with Crippen molar-refractivity contribution in [2.45, 2.75) is 52.1 Å². The molecule has 0 spiro atoms. The second-order valence-electron chi connectivity index (χ2n) is 5.62. The van der Waals surface area contributed by atoms with Crippen molar-refractivity contribution >= 4 is 35.8 Å². The van der Waals surface area contributed by atoms with Gasteiger partial charge >= 0.3 is 0 Å². The summed E-state index contributed by atoms with van der Waals surface area (Å²) in [4.78, 5) is 15.9. The van der Waals surface area contributed by atoms with Crippen LogP contribution in [-0.2, 0) is 9.53 Å². The first kappa shape index (κ1) is 25.6. The molecule has 0 aliphatic carbocycles. The number of aliphatic hydroxyl groups is 1. The highest BCUT2D eigenvalue weighted by atomic mass is 127. The molecule has 4 N–H and O–H groups in total. The van der Waals surface area contributed by atoms with Crippen molar-refractivity contribution in [2.24, 2.45) is 4.99 Å². The molecule has 0 rings (SSSR count). The number of nitrogens with one attached hydrogen (secondary N) is 3. The molecule has 0 fully saturated rings. The molecule has 0 saturated carbocycles. The molecule has 0 unspecified atom stereocenters. The lowest BCUT2D eigenvalue weighted by atomic mass is 9.93. The van der Waals surface area contributed by atoms with E-state index in [1.165, 1.54) is 0 Å². The number of methoxy groups -OCH3 is 1. The number of carbonyl (C=O) groups excluding carboxylic acids is 1. The second kappa shape index (κ2) is 15.9. The molecule has 0 aromatic heterocycles. The highest BCUT2D eigenvalue weighted by Crippen LogP contribution is 2.18. The van der Waals surface area contributed by atoms with Crippen LogP contribution >= 0.6 is 24.0 Å². The van der Waals surface area contributed by atoms with Gasteiger partial charge in [-0.25, -0.2) is 4.99 Å². The summed E-state index contributed by atoms with van der Waals surface area (Å²) in [6.07, 6.45) is 3.33. The molecule has 8 heteroatoms. The Morgan fingerprint density at radius 1 is 1.12 bits per heavy atom. The number of amides is 1. The Hall–Kier alpha value is -0.610. The number of nitrogens with zero attached hydrogens (tertiary/aromatic N) is 1. The number of hydrogen-bond acceptors (Lipinski definition) is 4. The minimum absolute atomic E-state index is 0. The summed E-state index contributed by atoms with van der Waals surface area (Å²) >= 11 is 0. The Kier molecular flexibility index (Phi) is 17.0. The van der Waals surface area contributed by atoms with Gasteiger partial charge in [0.25, 0.3) is 0 Å². The molecule has 0 aromatic carbocycles. The van der Waals surface area contributed by atoms with Gasteiger partial charge in [-0.1, -0.05) is 26.7 Å². The number of carbonyl (C=O) groups is 1. The Balaban J connectivity index is 0. The van der Waals surface area contributed by atoms with E-state index in [1.807, 2.05) is 6.92 Å². The van der Waals surface area contributed by atoms with Crippen LogP contribution in [0.4, 0.5) is 0 Å². The molecular formula is C16H35IN4O3. The largest absolute Gasteiger partial charge is 0.388 e. The topological polar surface area (TPSA) is 95.0 Å². The summed E-state index contributed by atoms with van der Waals surface area (Å²) in [5.74, 6) is 0.386. The van der Waals surface area contributed by atoms with Gasteiger partial charge in [-0.3, -0.25) is 4.79 Å². The first-order chi connectivity index (χ1) is 11.0. The normalized spacial score (nSPS) is 11.6. The smallest absolute Gasteiger partial charge is 0.241 e. The highest BCUT2D eigenvalue weighted by Gasteiger charge is 2.24. The number of hydrogen-bond donors (Lipinski definition) is 4. The van der Waals surface area contributed by atoms with Crippen LogP contribution in [0.3, 0.4) is 0 Å². The van der Waals surface area contributed by atoms with Crippen LogP contribution < -0.4 is 16.0 Å². The van der Waals surface area contributed by atoms with Crippen LogP contribution in [0.15, 0.2) is 4.99 Å². The first-order valence-corrected chi connectivity index (χ1v) is 8.51. The van der Waals surface area contributed by atoms with Gasteiger partial charge in [0.2, 0.25) is 5.91 Å². The van der Waals surface area contributed by atoms with Crippen LogP contribution in [0.25, 0.3) is 0 Å². The van der Waals surface area contributed by atoms with Gasteiger partial charge in [0.05, 0.1) is 12.2 Å². The summed E-state index contributed by atoms with van der Waals surface area (Å²) in [5, 5.41) is 19.6. The fraction of sp³-hybridized carbons (Fsp3) is 0.875. The van der Waals surface area contributed by atoms with Crippen molar-refractivity contribution in [1.82, 2.24) is 16.0 Å². The Labute approximate surface area is 163 Å². The molecule has 7 nitrogen and oxygen atoms in total. The molecule has 0 aliphatic rings. The molecule has 0 radical (unpaired) electrons. The van der Waals surface area contributed by atoms with E-state index < -0.39 is 5.60 Å². The molecule has 1 amide bonds. The third-order valence-corrected chi connectivity index (χ3v) is 3.37. The summed E-state index contributed by atoms with van der Waals surface area (Å²) in [6.45, 7) is 8.19. The predicted molar refractivity (Wildman–Crippen MR) is 109 cm³/mol. The minimum atomic E-state index is -0.736. The van der Waals surface area contributed by atoms with E-state index in [0.29, 0.717) is 32.2 Å². The van der Waals surface area contributed by atoms with Crippen LogP contribution in [-0.4, -0.2) is 62.5 Å². The van der Waals surface area contributed by atoms with E-state index in [-0.39, 0.29) is 36.4 Å². The van der Waals surface area contributed by atoms with Crippen molar-refractivity contribution in [1.29, 1.82) is 0 Å². The zero-order chi connectivity index (χ0) is 17.6. The molecule has 0 atom stereocenters. The van der Waals surface area contributed by atoms with Crippen LogP contribution in [0.5, 0.6) is 0 Å². The van der Waals surface area contributed by atoms with E-state index in [4.69, 9.17) is 4.74 Å². The van der Waals surface area contributed by atoms with Crippen molar-refractivity contribution in [3.63, 3.8) is 0 Å². The predicted octanol–water partition coefficient (Wildman–Crippen LogP) is 1.25. The molecule has 0 saturated heterocycles. The molecule has 144 valence electrons. The van der Waals surface area contributed by atoms with Crippen LogP contribution in [0.2, 0.25) is 0 Å². The van der Waals surface area contributed by atoms with Crippen molar-refractivity contribution in [3.8, 4) is 0 Å². The SMILES string of the molecule is CCCC(O)(CCC)CNC(=NCC(=O)NCCOC)NCC.I. The lowest BCUT2D eigenvalue weighted by Gasteiger charge is -2.28. The maximum Gasteiger partial charge on any atom is 0.241 e. The van der Waals surface area contributed by atoms with Gasteiger partial charge < -0.3 is 25.8 Å². The Bertz CT molecular complexity index is 348. The molecule has 0 bridgehead atoms. The van der Waals surface area contributed by atoms with Crippen LogP contribution in [0.1, 0.15) is 46.5 Å². The van der Waals surface area contributed by atoms with Crippen LogP contribution in [0, 0.1) is 0 Å². The van der Waals surface area contributed by atoms with Crippen molar-refractivity contribution in [2.75, 3.05) is 39.9 Å². The quantitative estimate of drug-likeness (QED) is 0.153. The maximum atomic E-state index is 11.7. The summed E-state index contributed by atoms with van der Waals surface area (Å²) < 4.78 is 4.88. The standard InChI is InChI=1S/C16H34N4O3.HI/c1-5-8-16(22,9-6-2)13-20-15(17-7-3)19-12-14(21)18-10-11-23-4;/h22H,5-13H2,1-4H3,(H,18,21)(H2,17,19,20);1H. The van der Waals surface area contributed by atoms with E-state index in [1.54, 1.807) is 7.11 Å². The minimum Gasteiger partial charge on any atom is -0.388 e. The molecule has 24 heavy (non-hydrogen) atoms. The highest BCUT2D eigenvalue weighted by molar-refractivity contribution is 14.0. The molecule has 0 heterocycles. The summed E-state index contributed by atoms with van der Waals surface area (Å²) in [7, 11) is 1.59. The number of aliphatic imine (C=N–C) groups is 1. The average molecular weight is 458 g/mol. The van der Waals surface area contributed by atoms with E-state index in [0.717, 1.165) is 25.7 Å². The summed E-state index contributed by atoms with van der Waals surface area (Å²) in [6, 6.07) is 0. The summed E-state index contributed by atoms with van der Waals surface area (Å²) in [5.41, 5.74) is -0.736. The van der Waals surface area contributed by atoms with Gasteiger partial charge in [-0.15, -0.1) is 24.0 Å². The van der Waals surface area contributed by atoms with Gasteiger partial charge in [0.1, 0.15) is 6.54 Å². The van der Waals surface area contributed by atoms with E-state index in [2.05, 4.69) is 34.8 Å². The maximum absolute atomic E-state index is 11.7. The van der Waals surface area contributed by atoms with E-state index >= 15 is 0 Å². The third-order valence-electron chi connectivity index (χ3n) is 3.37. The fourth-order valence-corrected chi connectivity index (χ4v) is 2.32. The average Bonchev–Trinajstić information content (AvgIpc) is 2.51. The second-order valence-corrected chi connectivity index (χ2v) is 5.62. The fourth-order valence-electron chi connectivity index (χ4n) is 2.32. The Morgan fingerprint density at radius 3 is 2.25 bits per heavy atom. The molecular weight excluding hydrogens is 423 g/mol. The Morgan fingerprint density at radius 2 is 1.75 bits per heavy atom. The number of ether oxygens (including phenoxy) is 1. The third kappa shape index (κ3) is 12.8. The van der Waals surface area contributed by atoms with Gasteiger partial charge in [-0.05, 0) is 19.8 Å². The van der Waals surface area contributed by atoms with Crippen molar-refractivity contribution in [3.05, 3.63) is 0 Å². The van der Waals surface area contributed by atoms with Gasteiger partial charge in [-0.2, -0.15) is 0 Å². The zero-order valence-electron chi connectivity index (χ0n) is 15.5. The lowest BCUT2D eigenvalue weighted by molar-refractivity contribution is -0.119. The lowest BCUT2D eigenvalue weighted by Crippen LogP contribution is -2.47. The molecule has 0 aromatic rings.